The molecule has 0 saturated carbocycles. The summed E-state index contributed by atoms with van der Waals surface area (Å²) < 4.78 is 30.0. The lowest BCUT2D eigenvalue weighted by Crippen LogP contribution is -2.35. The van der Waals surface area contributed by atoms with Crippen LogP contribution < -0.4 is 26.7 Å². The van der Waals surface area contributed by atoms with E-state index in [4.69, 9.17) is 15.0 Å². The van der Waals surface area contributed by atoms with Crippen molar-refractivity contribution in [1.29, 1.82) is 0 Å². The van der Waals surface area contributed by atoms with Crippen LogP contribution in [0.15, 0.2) is 45.3 Å². The van der Waals surface area contributed by atoms with Gasteiger partial charge in [0.1, 0.15) is 17.0 Å². The Morgan fingerprint density at radius 2 is 2.05 bits per heavy atom. The standard InChI is InChI=1S/C24H28N5O6PS/c1-24(2,3)9-10-29-23(32)19(21(31)20(27-29)17-6-5-11-37-17)22-26-15-8-7-14(35-13-18(25)30)12-16(15)36(33,28-22)34-4/h5-8,11-12,31H,9-10,13H2,1-4H3,(H2,25,30)(H,26,28,33). The zero-order valence-electron chi connectivity index (χ0n) is 20.8. The van der Waals surface area contributed by atoms with Gasteiger partial charge >= 0.3 is 7.52 Å². The Hall–Kier alpha value is -3.47. The van der Waals surface area contributed by atoms with Gasteiger partial charge in [-0.25, -0.2) is 4.68 Å². The number of carbonyl (C=O) groups excluding carboxylic acids is 1. The summed E-state index contributed by atoms with van der Waals surface area (Å²) >= 11 is 1.36. The predicted molar refractivity (Wildman–Crippen MR) is 143 cm³/mol. The number of primary amides is 1. The van der Waals surface area contributed by atoms with Gasteiger partial charge in [0.05, 0.1) is 15.9 Å². The summed E-state index contributed by atoms with van der Waals surface area (Å²) in [6.07, 6.45) is 0.654. The second kappa shape index (κ2) is 10.1. The normalized spacial score (nSPS) is 17.0. The second-order valence-corrected chi connectivity index (χ2v) is 12.6. The number of nitrogens with zero attached hydrogens (tertiary/aromatic N) is 3. The summed E-state index contributed by atoms with van der Waals surface area (Å²) in [5.74, 6) is -0.899. The van der Waals surface area contributed by atoms with Crippen molar-refractivity contribution < 1.29 is 23.7 Å². The minimum absolute atomic E-state index is 0.0676. The third-order valence-corrected chi connectivity index (χ3v) is 8.40. The molecule has 4 rings (SSSR count). The fourth-order valence-corrected chi connectivity index (χ4v) is 5.87. The summed E-state index contributed by atoms with van der Waals surface area (Å²) in [4.78, 5) is 25.3. The van der Waals surface area contributed by atoms with Crippen molar-refractivity contribution in [3.05, 3.63) is 51.6 Å². The number of hydrogen-bond donors (Lipinski definition) is 3. The molecule has 4 N–H and O–H groups in total. The van der Waals surface area contributed by atoms with Crippen molar-refractivity contribution in [3.8, 4) is 22.1 Å². The molecule has 0 saturated heterocycles. The maximum absolute atomic E-state index is 13.8. The van der Waals surface area contributed by atoms with Gasteiger partial charge in [0, 0.05) is 13.7 Å². The van der Waals surface area contributed by atoms with Gasteiger partial charge in [-0.1, -0.05) is 26.8 Å². The molecule has 3 heterocycles. The summed E-state index contributed by atoms with van der Waals surface area (Å²) in [7, 11) is -2.66. The van der Waals surface area contributed by atoms with Crippen LogP contribution in [0.2, 0.25) is 0 Å². The van der Waals surface area contributed by atoms with E-state index in [9.17, 15) is 19.3 Å². The molecule has 196 valence electrons. The molecule has 1 unspecified atom stereocenters. The zero-order valence-corrected chi connectivity index (χ0v) is 22.6. The fourth-order valence-electron chi connectivity index (χ4n) is 3.63. The molecule has 0 radical (unpaired) electrons. The second-order valence-electron chi connectivity index (χ2n) is 9.60. The zero-order chi connectivity index (χ0) is 27.0. The van der Waals surface area contributed by atoms with E-state index in [0.29, 0.717) is 23.5 Å². The lowest BCUT2D eigenvalue weighted by atomic mass is 9.92. The lowest BCUT2D eigenvalue weighted by Gasteiger charge is -2.25. The Kier molecular flexibility index (Phi) is 7.27. The number of ether oxygens (including phenoxy) is 1. The highest BCUT2D eigenvalue weighted by Gasteiger charge is 2.36. The molecule has 1 amide bonds. The summed E-state index contributed by atoms with van der Waals surface area (Å²) in [6.45, 7) is 6.11. The van der Waals surface area contributed by atoms with Crippen LogP contribution in [-0.2, 0) is 20.4 Å². The van der Waals surface area contributed by atoms with Gasteiger partial charge in [-0.3, -0.25) is 14.2 Å². The van der Waals surface area contributed by atoms with E-state index < -0.39 is 19.0 Å². The van der Waals surface area contributed by atoms with Crippen LogP contribution in [0.5, 0.6) is 11.5 Å². The Morgan fingerprint density at radius 3 is 2.68 bits per heavy atom. The van der Waals surface area contributed by atoms with Crippen molar-refractivity contribution in [2.75, 3.05) is 19.0 Å². The number of carbonyl (C=O) groups is 1. The van der Waals surface area contributed by atoms with Gasteiger partial charge in [0.25, 0.3) is 11.5 Å². The first kappa shape index (κ1) is 26.6. The fraction of sp³-hybridized carbons (Fsp3) is 0.333. The number of anilines is 1. The van der Waals surface area contributed by atoms with Crippen LogP contribution in [0.25, 0.3) is 10.6 Å². The SMILES string of the molecule is COP1(=O)N=C(c2c(O)c(-c3cccs3)nn(CCC(C)(C)C)c2=O)Nc2ccc(OCC(N)=O)cc21. The number of aromatic nitrogens is 2. The van der Waals surface area contributed by atoms with Crippen LogP contribution >= 0.6 is 18.9 Å². The Balaban J connectivity index is 1.85. The van der Waals surface area contributed by atoms with Crippen LogP contribution in [-0.4, -0.2) is 40.3 Å². The molecular formula is C24H28N5O6PS. The van der Waals surface area contributed by atoms with E-state index in [1.54, 1.807) is 18.2 Å². The molecular weight excluding hydrogens is 517 g/mol. The molecule has 1 aliphatic heterocycles. The number of benzene rings is 1. The highest BCUT2D eigenvalue weighted by atomic mass is 32.1. The van der Waals surface area contributed by atoms with Crippen LogP contribution in [0.3, 0.4) is 0 Å². The van der Waals surface area contributed by atoms with E-state index in [0.717, 1.165) is 0 Å². The third kappa shape index (κ3) is 5.61. The molecule has 1 atom stereocenters. The largest absolute Gasteiger partial charge is 0.505 e. The monoisotopic (exact) mass is 545 g/mol. The molecule has 1 aromatic carbocycles. The number of amides is 1. The van der Waals surface area contributed by atoms with Gasteiger partial charge in [-0.05, 0) is 41.5 Å². The number of hydrogen-bond acceptors (Lipinski definition) is 9. The van der Waals surface area contributed by atoms with Crippen molar-refractivity contribution in [2.45, 2.75) is 33.7 Å². The Labute approximate surface area is 217 Å². The lowest BCUT2D eigenvalue weighted by molar-refractivity contribution is -0.119. The molecule has 0 aliphatic carbocycles. The Morgan fingerprint density at radius 1 is 1.30 bits per heavy atom. The van der Waals surface area contributed by atoms with Crippen molar-refractivity contribution in [3.63, 3.8) is 0 Å². The molecule has 11 nitrogen and oxygen atoms in total. The van der Waals surface area contributed by atoms with E-state index in [1.807, 2.05) is 11.4 Å². The Bertz CT molecular complexity index is 1480. The topological polar surface area (TPSA) is 158 Å². The van der Waals surface area contributed by atoms with Crippen LogP contribution in [0.4, 0.5) is 5.69 Å². The van der Waals surface area contributed by atoms with Gasteiger partial charge in [-0.15, -0.1) is 11.3 Å². The maximum Gasteiger partial charge on any atom is 0.348 e. The molecule has 1 aliphatic rings. The smallest absolute Gasteiger partial charge is 0.348 e. The molecule has 0 fully saturated rings. The van der Waals surface area contributed by atoms with Crippen molar-refractivity contribution in [2.24, 2.45) is 15.9 Å². The molecule has 13 heteroatoms. The third-order valence-electron chi connectivity index (χ3n) is 5.58. The molecule has 0 spiro atoms. The molecule has 37 heavy (non-hydrogen) atoms. The average molecular weight is 546 g/mol. The number of thiophene rings is 1. The maximum atomic E-state index is 13.8. The predicted octanol–water partition coefficient (Wildman–Crippen LogP) is 3.31. The number of aromatic hydroxyl groups is 1. The highest BCUT2D eigenvalue weighted by Crippen LogP contribution is 2.52. The quantitative estimate of drug-likeness (QED) is 0.364. The average Bonchev–Trinajstić information content (AvgIpc) is 3.36. The van der Waals surface area contributed by atoms with E-state index in [1.165, 1.54) is 29.2 Å². The highest BCUT2D eigenvalue weighted by molar-refractivity contribution is 7.66. The minimum atomic E-state index is -3.90. The number of fused-ring (bicyclic) bond motifs is 1. The molecule has 2 aromatic heterocycles. The number of aryl methyl sites for hydroxylation is 1. The van der Waals surface area contributed by atoms with Gasteiger partial charge in [-0.2, -0.15) is 9.86 Å². The first-order valence-corrected chi connectivity index (χ1v) is 13.8. The van der Waals surface area contributed by atoms with E-state index >= 15 is 0 Å². The minimum Gasteiger partial charge on any atom is -0.505 e. The summed E-state index contributed by atoms with van der Waals surface area (Å²) in [5.41, 5.74) is 4.89. The van der Waals surface area contributed by atoms with Gasteiger partial charge < -0.3 is 25.4 Å². The number of nitrogens with two attached hydrogens (primary N) is 1. The van der Waals surface area contributed by atoms with Crippen molar-refractivity contribution in [1.82, 2.24) is 9.78 Å². The molecule has 3 aromatic rings. The van der Waals surface area contributed by atoms with E-state index in [-0.39, 0.29) is 45.9 Å². The number of rotatable bonds is 8. The summed E-state index contributed by atoms with van der Waals surface area (Å²) in [6, 6.07) is 8.13. The van der Waals surface area contributed by atoms with Crippen molar-refractivity contribution >= 4 is 41.6 Å². The molecule has 0 bridgehead atoms. The van der Waals surface area contributed by atoms with Gasteiger partial charge in [0.15, 0.2) is 18.2 Å². The number of nitrogens with one attached hydrogen (secondary N) is 1. The first-order chi connectivity index (χ1) is 17.4. The van der Waals surface area contributed by atoms with E-state index in [2.05, 4.69) is 35.9 Å². The first-order valence-electron chi connectivity index (χ1n) is 11.4. The van der Waals surface area contributed by atoms with Crippen LogP contribution in [0.1, 0.15) is 32.8 Å². The van der Waals surface area contributed by atoms with Crippen LogP contribution in [0, 0.1) is 5.41 Å². The summed E-state index contributed by atoms with van der Waals surface area (Å²) in [5, 5.41) is 20.7. The van der Waals surface area contributed by atoms with Gasteiger partial charge in [0.2, 0.25) is 0 Å². The number of amidine groups is 1.